The molecular formula is C19H19N5O3. The number of hydrogen-bond acceptors (Lipinski definition) is 5. The highest BCUT2D eigenvalue weighted by Gasteiger charge is 2.32. The van der Waals surface area contributed by atoms with Gasteiger partial charge in [-0.05, 0) is 25.0 Å². The topological polar surface area (TPSA) is 89.6 Å². The number of ketones is 1. The van der Waals surface area contributed by atoms with Crippen molar-refractivity contribution >= 4 is 17.3 Å². The molecule has 138 valence electrons. The molecule has 0 saturated carbocycles. The first kappa shape index (κ1) is 17.1. The van der Waals surface area contributed by atoms with Gasteiger partial charge < -0.3 is 9.47 Å². The third kappa shape index (κ3) is 3.03. The summed E-state index contributed by atoms with van der Waals surface area (Å²) >= 11 is 0. The SMILES string of the molecule is Cn1ccnc1C(=O)C1CCCN(C(=O)c2cnc3ccccn3c2=O)C1. The number of imidazole rings is 1. The van der Waals surface area contributed by atoms with E-state index >= 15 is 0 Å². The van der Waals surface area contributed by atoms with Gasteiger partial charge in [-0.15, -0.1) is 0 Å². The molecule has 1 amide bonds. The fourth-order valence-electron chi connectivity index (χ4n) is 3.50. The number of nitrogens with zero attached hydrogens (tertiary/aromatic N) is 5. The summed E-state index contributed by atoms with van der Waals surface area (Å²) in [5.41, 5.74) is 0.104. The van der Waals surface area contributed by atoms with Crippen LogP contribution in [0.15, 0.2) is 47.8 Å². The molecule has 3 aromatic heterocycles. The fraction of sp³-hybridized carbons (Fsp3) is 0.316. The maximum absolute atomic E-state index is 12.9. The zero-order chi connectivity index (χ0) is 19.0. The highest BCUT2D eigenvalue weighted by Crippen LogP contribution is 2.21. The summed E-state index contributed by atoms with van der Waals surface area (Å²) in [6, 6.07) is 5.20. The Morgan fingerprint density at radius 2 is 2.04 bits per heavy atom. The highest BCUT2D eigenvalue weighted by molar-refractivity contribution is 5.97. The number of carbonyl (C=O) groups excluding carboxylic acids is 2. The zero-order valence-corrected chi connectivity index (χ0v) is 14.9. The molecule has 1 saturated heterocycles. The minimum Gasteiger partial charge on any atom is -0.338 e. The number of Topliss-reactive ketones (excluding diaryl/α,β-unsaturated/α-hetero) is 1. The summed E-state index contributed by atoms with van der Waals surface area (Å²) in [5.74, 6) is -0.391. The van der Waals surface area contributed by atoms with Crippen LogP contribution in [-0.2, 0) is 7.05 Å². The molecule has 0 bridgehead atoms. The molecule has 1 atom stereocenters. The van der Waals surface area contributed by atoms with Crippen molar-refractivity contribution in [2.45, 2.75) is 12.8 Å². The number of likely N-dealkylation sites (tertiary alicyclic amines) is 1. The van der Waals surface area contributed by atoms with Crippen LogP contribution >= 0.6 is 0 Å². The van der Waals surface area contributed by atoms with Crippen LogP contribution < -0.4 is 5.56 Å². The summed E-state index contributed by atoms with van der Waals surface area (Å²) in [6.07, 6.45) is 7.62. The van der Waals surface area contributed by atoms with Crippen LogP contribution in [0.2, 0.25) is 0 Å². The van der Waals surface area contributed by atoms with Crippen LogP contribution in [0.1, 0.15) is 33.8 Å². The molecule has 1 fully saturated rings. The van der Waals surface area contributed by atoms with E-state index in [0.717, 1.165) is 0 Å². The molecule has 0 aliphatic carbocycles. The van der Waals surface area contributed by atoms with Crippen LogP contribution in [0.5, 0.6) is 0 Å². The van der Waals surface area contributed by atoms with Crippen molar-refractivity contribution in [3.63, 3.8) is 0 Å². The average molecular weight is 365 g/mol. The summed E-state index contributed by atoms with van der Waals surface area (Å²) in [6.45, 7) is 0.793. The molecular weight excluding hydrogens is 346 g/mol. The van der Waals surface area contributed by atoms with Crippen LogP contribution in [0.4, 0.5) is 0 Å². The van der Waals surface area contributed by atoms with Crippen molar-refractivity contribution in [3.05, 3.63) is 64.7 Å². The predicted molar refractivity (Wildman–Crippen MR) is 97.6 cm³/mol. The molecule has 0 radical (unpaired) electrons. The van der Waals surface area contributed by atoms with Gasteiger partial charge in [0, 0.05) is 50.8 Å². The normalized spacial score (nSPS) is 17.2. The molecule has 0 aromatic carbocycles. The maximum Gasteiger partial charge on any atom is 0.270 e. The molecule has 4 rings (SSSR count). The highest BCUT2D eigenvalue weighted by atomic mass is 16.2. The molecule has 4 heterocycles. The first-order valence-corrected chi connectivity index (χ1v) is 8.83. The van der Waals surface area contributed by atoms with Gasteiger partial charge in [-0.3, -0.25) is 18.8 Å². The molecule has 8 nitrogen and oxygen atoms in total. The number of carbonyl (C=O) groups is 2. The standard InChI is InChI=1S/C19H19N5O3/c1-22-10-7-20-17(22)16(25)13-5-4-8-23(12-13)18(26)14-11-21-15-6-2-3-9-24(15)19(14)27/h2-3,6-7,9-11,13H,4-5,8,12H2,1H3. The largest absolute Gasteiger partial charge is 0.338 e. The van der Waals surface area contributed by atoms with E-state index in [0.29, 0.717) is 30.9 Å². The molecule has 27 heavy (non-hydrogen) atoms. The molecule has 0 spiro atoms. The Labute approximate surface area is 155 Å². The quantitative estimate of drug-likeness (QED) is 0.650. The van der Waals surface area contributed by atoms with Gasteiger partial charge in [0.15, 0.2) is 5.82 Å². The Kier molecular flexibility index (Phi) is 4.31. The Hall–Kier alpha value is -3.29. The number of hydrogen-bond donors (Lipinski definition) is 0. The smallest absolute Gasteiger partial charge is 0.270 e. The fourth-order valence-corrected chi connectivity index (χ4v) is 3.50. The second-order valence-corrected chi connectivity index (χ2v) is 6.72. The van der Waals surface area contributed by atoms with Gasteiger partial charge in [-0.2, -0.15) is 0 Å². The summed E-state index contributed by atoms with van der Waals surface area (Å²) in [5, 5.41) is 0. The Morgan fingerprint density at radius 3 is 2.81 bits per heavy atom. The average Bonchev–Trinajstić information content (AvgIpc) is 3.13. The number of fused-ring (bicyclic) bond motifs is 1. The minimum absolute atomic E-state index is 0.0174. The third-order valence-corrected chi connectivity index (χ3v) is 4.96. The monoisotopic (exact) mass is 365 g/mol. The van der Waals surface area contributed by atoms with E-state index in [9.17, 15) is 14.4 Å². The van der Waals surface area contributed by atoms with Gasteiger partial charge in [-0.25, -0.2) is 9.97 Å². The first-order valence-electron chi connectivity index (χ1n) is 8.83. The van der Waals surface area contributed by atoms with Crippen molar-refractivity contribution in [1.29, 1.82) is 0 Å². The Morgan fingerprint density at radius 1 is 1.19 bits per heavy atom. The third-order valence-electron chi connectivity index (χ3n) is 4.96. The lowest BCUT2D eigenvalue weighted by Crippen LogP contribution is -2.44. The maximum atomic E-state index is 12.9. The Bertz CT molecular complexity index is 1080. The van der Waals surface area contributed by atoms with Crippen LogP contribution in [0.3, 0.4) is 0 Å². The second kappa shape index (κ2) is 6.79. The molecule has 1 aliphatic rings. The zero-order valence-electron chi connectivity index (χ0n) is 14.9. The molecule has 8 heteroatoms. The first-order chi connectivity index (χ1) is 13.1. The van der Waals surface area contributed by atoms with Gasteiger partial charge in [0.25, 0.3) is 11.5 Å². The van der Waals surface area contributed by atoms with Crippen molar-refractivity contribution in [3.8, 4) is 0 Å². The van der Waals surface area contributed by atoms with Crippen molar-refractivity contribution in [2.24, 2.45) is 13.0 Å². The van der Waals surface area contributed by atoms with Crippen molar-refractivity contribution in [1.82, 2.24) is 23.8 Å². The number of piperidine rings is 1. The van der Waals surface area contributed by atoms with E-state index in [1.54, 1.807) is 53.3 Å². The van der Waals surface area contributed by atoms with Crippen LogP contribution in [0, 0.1) is 5.92 Å². The number of amides is 1. The lowest BCUT2D eigenvalue weighted by atomic mass is 9.93. The number of rotatable bonds is 3. The summed E-state index contributed by atoms with van der Waals surface area (Å²) in [4.78, 5) is 48.2. The van der Waals surface area contributed by atoms with Gasteiger partial charge >= 0.3 is 0 Å². The van der Waals surface area contributed by atoms with E-state index < -0.39 is 5.56 Å². The van der Waals surface area contributed by atoms with Gasteiger partial charge in [0.1, 0.15) is 11.2 Å². The van der Waals surface area contributed by atoms with Crippen LogP contribution in [-0.4, -0.2) is 48.6 Å². The lowest BCUT2D eigenvalue weighted by Gasteiger charge is -2.31. The van der Waals surface area contributed by atoms with E-state index in [2.05, 4.69) is 9.97 Å². The number of aryl methyl sites for hydroxylation is 1. The molecule has 0 N–H and O–H groups in total. The molecule has 1 unspecified atom stereocenters. The van der Waals surface area contributed by atoms with Crippen molar-refractivity contribution in [2.75, 3.05) is 13.1 Å². The Balaban J connectivity index is 1.59. The second-order valence-electron chi connectivity index (χ2n) is 6.72. The lowest BCUT2D eigenvalue weighted by molar-refractivity contribution is 0.0631. The predicted octanol–water partition coefficient (Wildman–Crippen LogP) is 1.16. The van der Waals surface area contributed by atoms with E-state index in [-0.39, 0.29) is 29.7 Å². The van der Waals surface area contributed by atoms with E-state index in [1.807, 2.05) is 0 Å². The number of pyridine rings is 1. The van der Waals surface area contributed by atoms with Crippen molar-refractivity contribution < 1.29 is 9.59 Å². The molecule has 1 aliphatic heterocycles. The van der Waals surface area contributed by atoms with E-state index in [4.69, 9.17) is 0 Å². The van der Waals surface area contributed by atoms with Gasteiger partial charge in [0.05, 0.1) is 0 Å². The summed E-state index contributed by atoms with van der Waals surface area (Å²) < 4.78 is 3.04. The van der Waals surface area contributed by atoms with E-state index in [1.165, 1.54) is 10.6 Å². The van der Waals surface area contributed by atoms with Gasteiger partial charge in [0.2, 0.25) is 5.78 Å². The van der Waals surface area contributed by atoms with Gasteiger partial charge in [-0.1, -0.05) is 6.07 Å². The van der Waals surface area contributed by atoms with Crippen LogP contribution in [0.25, 0.3) is 5.65 Å². The minimum atomic E-state index is -0.400. The molecule has 3 aromatic rings. The number of aromatic nitrogens is 4. The summed E-state index contributed by atoms with van der Waals surface area (Å²) in [7, 11) is 1.77.